The summed E-state index contributed by atoms with van der Waals surface area (Å²) in [6.45, 7) is 4.87. The van der Waals surface area contributed by atoms with E-state index in [4.69, 9.17) is 10.2 Å². The van der Waals surface area contributed by atoms with E-state index in [0.717, 1.165) is 32.1 Å². The molecule has 1 aliphatic heterocycles. The van der Waals surface area contributed by atoms with Gasteiger partial charge in [0.15, 0.2) is 0 Å². The van der Waals surface area contributed by atoms with E-state index in [0.29, 0.717) is 11.8 Å². The summed E-state index contributed by atoms with van der Waals surface area (Å²) < 4.78 is 0. The van der Waals surface area contributed by atoms with Crippen LogP contribution >= 0.6 is 0 Å². The number of hydrogen-bond acceptors (Lipinski definition) is 2. The maximum absolute atomic E-state index is 5.32. The number of benzene rings is 4. The maximum atomic E-state index is 5.32. The molecule has 2 nitrogen and oxygen atoms in total. The molecule has 0 aromatic heterocycles. The lowest BCUT2D eigenvalue weighted by molar-refractivity contribution is 0.150. The second-order valence-electron chi connectivity index (χ2n) is 12.5. The van der Waals surface area contributed by atoms with Gasteiger partial charge in [0.2, 0.25) is 0 Å². The van der Waals surface area contributed by atoms with E-state index in [1.807, 2.05) is 0 Å². The van der Waals surface area contributed by atoms with Crippen LogP contribution in [0.2, 0.25) is 0 Å². The van der Waals surface area contributed by atoms with Gasteiger partial charge < -0.3 is 0 Å². The lowest BCUT2D eigenvalue weighted by Gasteiger charge is -2.41. The Labute approximate surface area is 238 Å². The summed E-state index contributed by atoms with van der Waals surface area (Å²) in [5.74, 6) is 0.787. The molecule has 2 aliphatic carbocycles. The molecule has 0 radical (unpaired) electrons. The number of hydrogen-bond donors (Lipinski definition) is 0. The number of azo groups is 1. The Kier molecular flexibility index (Phi) is 6.11. The normalized spacial score (nSPS) is 27.2. The van der Waals surface area contributed by atoms with Crippen LogP contribution in [0.15, 0.2) is 132 Å². The lowest BCUT2D eigenvalue weighted by Crippen LogP contribution is -2.44. The first kappa shape index (κ1) is 25.2. The van der Waals surface area contributed by atoms with E-state index in [2.05, 4.69) is 135 Å². The largest absolute Gasteiger partial charge is 0.181 e. The van der Waals surface area contributed by atoms with Crippen molar-refractivity contribution in [3.8, 4) is 0 Å². The Morgan fingerprint density at radius 1 is 0.575 bits per heavy atom. The first-order valence-corrected chi connectivity index (χ1v) is 14.9. The molecular weight excluding hydrogens is 484 g/mol. The van der Waals surface area contributed by atoms with E-state index >= 15 is 0 Å². The quantitative estimate of drug-likeness (QED) is 0.206. The molecule has 0 saturated heterocycles. The highest BCUT2D eigenvalue weighted by molar-refractivity contribution is 5.49. The van der Waals surface area contributed by atoms with E-state index in [-0.39, 0.29) is 16.5 Å². The van der Waals surface area contributed by atoms with Crippen molar-refractivity contribution >= 4 is 0 Å². The molecule has 1 heterocycles. The van der Waals surface area contributed by atoms with Gasteiger partial charge in [0.1, 0.15) is 11.1 Å². The van der Waals surface area contributed by atoms with Gasteiger partial charge in [-0.15, -0.1) is 0 Å². The molecule has 3 aliphatic rings. The van der Waals surface area contributed by atoms with Crippen molar-refractivity contribution in [2.24, 2.45) is 27.5 Å². The van der Waals surface area contributed by atoms with Crippen LogP contribution in [0.4, 0.5) is 0 Å². The van der Waals surface area contributed by atoms with Crippen LogP contribution in [0.1, 0.15) is 53.6 Å². The molecule has 4 aromatic rings. The van der Waals surface area contributed by atoms with E-state index < -0.39 is 0 Å². The van der Waals surface area contributed by atoms with Crippen LogP contribution in [-0.4, -0.2) is 0 Å². The highest BCUT2D eigenvalue weighted by Gasteiger charge is 2.77. The van der Waals surface area contributed by atoms with Crippen LogP contribution in [0.3, 0.4) is 0 Å². The number of aryl methyl sites for hydroxylation is 4. The molecule has 1 saturated carbocycles. The Bertz CT molecular complexity index is 1570. The molecule has 4 atom stereocenters. The Morgan fingerprint density at radius 2 is 1.05 bits per heavy atom. The van der Waals surface area contributed by atoms with Crippen molar-refractivity contribution in [3.05, 3.63) is 155 Å². The summed E-state index contributed by atoms with van der Waals surface area (Å²) in [4.78, 5) is 0. The summed E-state index contributed by atoms with van der Waals surface area (Å²) in [7, 11) is 0. The summed E-state index contributed by atoms with van der Waals surface area (Å²) in [5.41, 5.74) is 7.37. The molecule has 2 heteroatoms. The monoisotopic (exact) mass is 522 g/mol. The summed E-state index contributed by atoms with van der Waals surface area (Å²) in [5, 5.41) is 10.6. The van der Waals surface area contributed by atoms with Gasteiger partial charge in [-0.2, -0.15) is 10.2 Å². The molecule has 2 bridgehead atoms. The first-order valence-electron chi connectivity index (χ1n) is 14.9. The summed E-state index contributed by atoms with van der Waals surface area (Å²) in [6.07, 6.45) is 10.1. The molecule has 1 fully saturated rings. The molecule has 0 N–H and O–H groups in total. The summed E-state index contributed by atoms with van der Waals surface area (Å²) >= 11 is 0. The van der Waals surface area contributed by atoms with Gasteiger partial charge in [-0.3, -0.25) is 0 Å². The van der Waals surface area contributed by atoms with Gasteiger partial charge in [-0.1, -0.05) is 135 Å². The van der Waals surface area contributed by atoms with Crippen molar-refractivity contribution in [2.75, 3.05) is 0 Å². The number of nitrogens with zero attached hydrogens (tertiary/aromatic N) is 2. The third-order valence-corrected chi connectivity index (χ3v) is 10.3. The smallest absolute Gasteiger partial charge is 0.121 e. The minimum atomic E-state index is -0.354. The van der Waals surface area contributed by atoms with E-state index in [1.54, 1.807) is 0 Å². The zero-order valence-electron chi connectivity index (χ0n) is 23.6. The fourth-order valence-electron chi connectivity index (χ4n) is 8.27. The van der Waals surface area contributed by atoms with Crippen molar-refractivity contribution in [2.45, 2.75) is 57.0 Å². The minimum Gasteiger partial charge on any atom is -0.181 e. The van der Waals surface area contributed by atoms with Crippen molar-refractivity contribution in [1.29, 1.82) is 0 Å². The molecule has 200 valence electrons. The van der Waals surface area contributed by atoms with Crippen molar-refractivity contribution in [1.82, 2.24) is 0 Å². The number of allylic oxidation sites excluding steroid dienone is 1. The van der Waals surface area contributed by atoms with Gasteiger partial charge in [-0.05, 0) is 65.5 Å². The Balaban J connectivity index is 1.23. The second kappa shape index (κ2) is 9.70. The Hall–Kier alpha value is -3.78. The van der Waals surface area contributed by atoms with Crippen molar-refractivity contribution < 1.29 is 0 Å². The lowest BCUT2D eigenvalue weighted by atomic mass is 9.61. The predicted molar refractivity (Wildman–Crippen MR) is 163 cm³/mol. The van der Waals surface area contributed by atoms with E-state index in [9.17, 15) is 0 Å². The highest BCUT2D eigenvalue weighted by atomic mass is 15.3. The average molecular weight is 523 g/mol. The average Bonchev–Trinajstić information content (AvgIpc) is 3.63. The number of rotatable bonds is 8. The van der Waals surface area contributed by atoms with Gasteiger partial charge in [-0.25, -0.2) is 0 Å². The minimum absolute atomic E-state index is 0.157. The predicted octanol–water partition coefficient (Wildman–Crippen LogP) is 9.05. The maximum Gasteiger partial charge on any atom is 0.121 e. The Morgan fingerprint density at radius 3 is 1.62 bits per heavy atom. The molecule has 4 aromatic carbocycles. The van der Waals surface area contributed by atoms with Gasteiger partial charge in [0.05, 0.1) is 0 Å². The third-order valence-electron chi connectivity index (χ3n) is 10.3. The molecule has 7 rings (SSSR count). The van der Waals surface area contributed by atoms with Crippen LogP contribution in [0, 0.1) is 17.3 Å². The zero-order chi connectivity index (χ0) is 27.2. The highest BCUT2D eigenvalue weighted by Crippen LogP contribution is 2.76. The second-order valence-corrected chi connectivity index (χ2v) is 12.5. The molecular formula is C38H38N2. The van der Waals surface area contributed by atoms with Crippen LogP contribution in [0.5, 0.6) is 0 Å². The van der Waals surface area contributed by atoms with Crippen LogP contribution < -0.4 is 0 Å². The molecule has 0 unspecified atom stereocenters. The van der Waals surface area contributed by atoms with Gasteiger partial charge in [0.25, 0.3) is 0 Å². The molecule has 0 spiro atoms. The van der Waals surface area contributed by atoms with Crippen LogP contribution in [0.25, 0.3) is 0 Å². The first-order chi connectivity index (χ1) is 19.5. The SMILES string of the molecule is CC1(C)[C@]2(c3cccc(CCc4ccccc4)c3)N=N[C@@]1(c1cccc(CCc3ccccc3)c1)[C@H]1C=CC[C@H]12. The van der Waals surface area contributed by atoms with E-state index in [1.165, 1.54) is 33.4 Å². The zero-order valence-corrected chi connectivity index (χ0v) is 23.6. The van der Waals surface area contributed by atoms with Crippen LogP contribution in [-0.2, 0) is 36.8 Å². The molecule has 0 amide bonds. The van der Waals surface area contributed by atoms with Gasteiger partial charge in [0, 0.05) is 17.3 Å². The fraction of sp³-hybridized carbons (Fsp3) is 0.316. The van der Waals surface area contributed by atoms with Crippen molar-refractivity contribution in [3.63, 3.8) is 0 Å². The van der Waals surface area contributed by atoms with Gasteiger partial charge >= 0.3 is 0 Å². The third kappa shape index (κ3) is 3.69. The molecule has 40 heavy (non-hydrogen) atoms. The standard InChI is InChI=1S/C38H38N2/c1-36(2)37(32-18-9-16-30(26-32)24-22-28-12-5-3-6-13-28)34-20-11-21-35(34)38(36,40-39-37)33-19-10-17-31(27-33)25-23-29-14-7-4-8-15-29/h3-20,26-27,34-35H,21-25H2,1-2H3/t34-,35+,37-,38+/m0/s1. The number of fused-ring (bicyclic) bond motifs is 5. The topological polar surface area (TPSA) is 24.7 Å². The summed E-state index contributed by atoms with van der Waals surface area (Å²) in [6, 6.07) is 40.2. The fourth-order valence-corrected chi connectivity index (χ4v) is 8.27.